The highest BCUT2D eigenvalue weighted by atomic mass is 19.4. The lowest BCUT2D eigenvalue weighted by atomic mass is 10.0. The first kappa shape index (κ1) is 16.0. The number of alkyl halides is 3. The summed E-state index contributed by atoms with van der Waals surface area (Å²) in [5.41, 5.74) is 3.05. The summed E-state index contributed by atoms with van der Waals surface area (Å²) in [7, 11) is 0. The van der Waals surface area contributed by atoms with Crippen LogP contribution in [0.2, 0.25) is 0 Å². The van der Waals surface area contributed by atoms with Gasteiger partial charge in [-0.25, -0.2) is 0 Å². The monoisotopic (exact) mass is 334 g/mol. The van der Waals surface area contributed by atoms with Crippen molar-refractivity contribution in [2.45, 2.75) is 19.1 Å². The Balaban J connectivity index is 2.06. The van der Waals surface area contributed by atoms with Crippen LogP contribution in [0.1, 0.15) is 24.1 Å². The van der Waals surface area contributed by atoms with E-state index in [1.807, 2.05) is 5.32 Å². The molecule has 0 fully saturated rings. The van der Waals surface area contributed by atoms with Crippen molar-refractivity contribution in [2.24, 2.45) is 0 Å². The first-order valence-corrected chi connectivity index (χ1v) is 7.16. The molecule has 2 aromatic rings. The highest BCUT2D eigenvalue weighted by Gasteiger charge is 2.41. The van der Waals surface area contributed by atoms with Gasteiger partial charge in [0.15, 0.2) is 0 Å². The summed E-state index contributed by atoms with van der Waals surface area (Å²) < 4.78 is 37.9. The van der Waals surface area contributed by atoms with Crippen LogP contribution in [-0.2, 0) is 9.59 Å². The zero-order chi connectivity index (χ0) is 17.5. The van der Waals surface area contributed by atoms with Crippen molar-refractivity contribution in [1.82, 2.24) is 5.32 Å². The summed E-state index contributed by atoms with van der Waals surface area (Å²) in [4.78, 5) is 22.6. The minimum atomic E-state index is -4.97. The van der Waals surface area contributed by atoms with Crippen molar-refractivity contribution < 1.29 is 22.8 Å². The number of benzene rings is 2. The van der Waals surface area contributed by atoms with E-state index in [4.69, 9.17) is 0 Å². The van der Waals surface area contributed by atoms with Crippen LogP contribution in [0.5, 0.6) is 0 Å². The molecule has 0 saturated carbocycles. The summed E-state index contributed by atoms with van der Waals surface area (Å²) in [6.45, 7) is 1.34. The van der Waals surface area contributed by atoms with Crippen molar-refractivity contribution in [3.05, 3.63) is 53.6 Å². The van der Waals surface area contributed by atoms with Gasteiger partial charge in [-0.3, -0.25) is 9.59 Å². The van der Waals surface area contributed by atoms with Gasteiger partial charge in [0, 0.05) is 12.6 Å². The summed E-state index contributed by atoms with van der Waals surface area (Å²) in [6, 6.07) is 11.0. The second-order valence-corrected chi connectivity index (χ2v) is 5.47. The number of carbonyl (C=O) groups excluding carboxylic acids is 2. The molecular formula is C17H13F3N2O2. The van der Waals surface area contributed by atoms with Crippen LogP contribution < -0.4 is 10.6 Å². The maximum atomic E-state index is 12.6. The highest BCUT2D eigenvalue weighted by Crippen LogP contribution is 2.44. The Kier molecular flexibility index (Phi) is 3.79. The number of hydrogen-bond donors (Lipinski definition) is 2. The van der Waals surface area contributed by atoms with Crippen molar-refractivity contribution >= 4 is 17.5 Å². The van der Waals surface area contributed by atoms with E-state index in [0.29, 0.717) is 16.8 Å². The average Bonchev–Trinajstić information content (AvgIpc) is 2.80. The quantitative estimate of drug-likeness (QED) is 0.884. The van der Waals surface area contributed by atoms with Crippen LogP contribution in [0.25, 0.3) is 11.1 Å². The fourth-order valence-electron chi connectivity index (χ4n) is 2.86. The first-order chi connectivity index (χ1) is 11.3. The molecule has 1 aliphatic carbocycles. The van der Waals surface area contributed by atoms with Crippen LogP contribution in [0.3, 0.4) is 0 Å². The Bertz CT molecular complexity index is 831. The lowest BCUT2D eigenvalue weighted by Crippen LogP contribution is -2.38. The first-order valence-electron chi connectivity index (χ1n) is 7.16. The Labute approximate surface area is 135 Å². The normalized spacial score (nSPS) is 15.4. The molecule has 0 spiro atoms. The molecule has 0 heterocycles. The topological polar surface area (TPSA) is 58.2 Å². The zero-order valence-corrected chi connectivity index (χ0v) is 12.6. The number of amides is 2. The van der Waals surface area contributed by atoms with Crippen LogP contribution in [0.15, 0.2) is 42.5 Å². The Hall–Kier alpha value is -2.83. The van der Waals surface area contributed by atoms with Crippen LogP contribution >= 0.6 is 0 Å². The predicted octanol–water partition coefficient (Wildman–Crippen LogP) is 3.39. The van der Waals surface area contributed by atoms with Crippen molar-refractivity contribution in [3.63, 3.8) is 0 Å². The van der Waals surface area contributed by atoms with E-state index >= 15 is 0 Å². The standard InChI is InChI=1S/C17H13F3N2O2/c1-9(23)21-10-6-7-12-11-4-2-3-5-13(11)15(14(12)8-10)22-16(24)17(18,19)20/h2-8,15H,1H3,(H,21,23)(H,22,24). The third kappa shape index (κ3) is 2.84. The Morgan fingerprint density at radius 1 is 1.00 bits per heavy atom. The third-order valence-corrected chi connectivity index (χ3v) is 3.78. The average molecular weight is 334 g/mol. The SMILES string of the molecule is CC(=O)Nc1ccc2c(c1)C(NC(=O)C(F)(F)F)c1ccccc1-2. The molecule has 0 aromatic heterocycles. The van der Waals surface area contributed by atoms with Gasteiger partial charge >= 0.3 is 12.1 Å². The van der Waals surface area contributed by atoms with Gasteiger partial charge in [-0.1, -0.05) is 30.3 Å². The van der Waals surface area contributed by atoms with Gasteiger partial charge in [-0.05, 0) is 34.4 Å². The lowest BCUT2D eigenvalue weighted by Gasteiger charge is -2.17. The predicted molar refractivity (Wildman–Crippen MR) is 82.2 cm³/mol. The summed E-state index contributed by atoms with van der Waals surface area (Å²) >= 11 is 0. The maximum absolute atomic E-state index is 12.6. The molecule has 0 radical (unpaired) electrons. The number of hydrogen-bond acceptors (Lipinski definition) is 2. The van der Waals surface area contributed by atoms with E-state index in [9.17, 15) is 22.8 Å². The molecule has 2 N–H and O–H groups in total. The van der Waals surface area contributed by atoms with E-state index in [-0.39, 0.29) is 5.91 Å². The fraction of sp³-hybridized carbons (Fsp3) is 0.176. The van der Waals surface area contributed by atoms with Gasteiger partial charge in [0.25, 0.3) is 0 Å². The van der Waals surface area contributed by atoms with Gasteiger partial charge < -0.3 is 10.6 Å². The minimum absolute atomic E-state index is 0.290. The molecule has 0 aliphatic heterocycles. The second kappa shape index (κ2) is 5.67. The molecule has 2 amide bonds. The molecule has 4 nitrogen and oxygen atoms in total. The van der Waals surface area contributed by atoms with Crippen molar-refractivity contribution in [2.75, 3.05) is 5.32 Å². The number of carbonyl (C=O) groups is 2. The van der Waals surface area contributed by atoms with E-state index in [1.165, 1.54) is 6.92 Å². The number of anilines is 1. The summed E-state index contributed by atoms with van der Waals surface area (Å²) in [5.74, 6) is -2.29. The van der Waals surface area contributed by atoms with Crippen LogP contribution in [0, 0.1) is 0 Å². The fourth-order valence-corrected chi connectivity index (χ4v) is 2.86. The number of fused-ring (bicyclic) bond motifs is 3. The Morgan fingerprint density at radius 3 is 2.33 bits per heavy atom. The smallest absolute Gasteiger partial charge is 0.337 e. The van der Waals surface area contributed by atoms with E-state index in [1.54, 1.807) is 42.5 Å². The van der Waals surface area contributed by atoms with Gasteiger partial charge in [0.2, 0.25) is 5.91 Å². The summed E-state index contributed by atoms with van der Waals surface area (Å²) in [6.07, 6.45) is -4.97. The number of halogens is 3. The largest absolute Gasteiger partial charge is 0.471 e. The molecule has 24 heavy (non-hydrogen) atoms. The van der Waals surface area contributed by atoms with E-state index < -0.39 is 18.1 Å². The lowest BCUT2D eigenvalue weighted by molar-refractivity contribution is -0.174. The van der Waals surface area contributed by atoms with Gasteiger partial charge in [0.1, 0.15) is 0 Å². The molecule has 0 bridgehead atoms. The second-order valence-electron chi connectivity index (χ2n) is 5.47. The molecule has 2 aromatic carbocycles. The number of rotatable bonds is 2. The highest BCUT2D eigenvalue weighted by molar-refractivity contribution is 5.91. The molecule has 7 heteroatoms. The van der Waals surface area contributed by atoms with Gasteiger partial charge in [0.05, 0.1) is 6.04 Å². The number of nitrogens with one attached hydrogen (secondary N) is 2. The minimum Gasteiger partial charge on any atom is -0.337 e. The molecule has 124 valence electrons. The molecule has 1 aliphatic rings. The summed E-state index contributed by atoms with van der Waals surface area (Å²) in [5, 5.41) is 4.63. The van der Waals surface area contributed by atoms with E-state index in [2.05, 4.69) is 5.32 Å². The molecule has 3 rings (SSSR count). The molecule has 1 unspecified atom stereocenters. The van der Waals surface area contributed by atoms with Crippen molar-refractivity contribution in [3.8, 4) is 11.1 Å². The molecular weight excluding hydrogens is 321 g/mol. The third-order valence-electron chi connectivity index (χ3n) is 3.78. The van der Waals surface area contributed by atoms with Crippen LogP contribution in [0.4, 0.5) is 18.9 Å². The zero-order valence-electron chi connectivity index (χ0n) is 12.6. The van der Waals surface area contributed by atoms with E-state index in [0.717, 1.165) is 11.1 Å². The van der Waals surface area contributed by atoms with Gasteiger partial charge in [-0.2, -0.15) is 13.2 Å². The van der Waals surface area contributed by atoms with Crippen molar-refractivity contribution in [1.29, 1.82) is 0 Å². The van der Waals surface area contributed by atoms with Gasteiger partial charge in [-0.15, -0.1) is 0 Å². The Morgan fingerprint density at radius 2 is 1.67 bits per heavy atom. The van der Waals surface area contributed by atoms with Crippen LogP contribution in [-0.4, -0.2) is 18.0 Å². The molecule has 1 atom stereocenters. The maximum Gasteiger partial charge on any atom is 0.471 e. The molecule has 0 saturated heterocycles.